The third kappa shape index (κ3) is 3.69. The number of rotatable bonds is 4. The molecule has 0 spiro atoms. The molecule has 34 heavy (non-hydrogen) atoms. The largest absolute Gasteiger partial charge is 0.368 e. The van der Waals surface area contributed by atoms with Gasteiger partial charge in [-0.3, -0.25) is 0 Å². The lowest BCUT2D eigenvalue weighted by Crippen LogP contribution is -2.47. The van der Waals surface area contributed by atoms with Gasteiger partial charge in [-0.25, -0.2) is 4.98 Å². The summed E-state index contributed by atoms with van der Waals surface area (Å²) in [6.45, 7) is 5.89. The molecular formula is C29H27N5. The number of piperazine rings is 1. The maximum absolute atomic E-state index is 5.12. The molecule has 1 saturated heterocycles. The van der Waals surface area contributed by atoms with Crippen LogP contribution < -0.4 is 9.80 Å². The van der Waals surface area contributed by atoms with Crippen LogP contribution in [0.1, 0.15) is 5.69 Å². The highest BCUT2D eigenvalue weighted by Gasteiger charge is 2.23. The van der Waals surface area contributed by atoms with Crippen LogP contribution in [-0.4, -0.2) is 40.8 Å². The van der Waals surface area contributed by atoms with Gasteiger partial charge in [-0.15, -0.1) is 0 Å². The lowest BCUT2D eigenvalue weighted by atomic mass is 10.1. The standard InChI is InChI=1S/C29H27N5/c1-22-28(24-13-7-3-8-14-24)29-30-26(23-11-5-2-6-12-23)21-27(34(29)31-22)33-19-17-32(18-20-33)25-15-9-4-10-16-25/h2-16,21H,17-20H2,1H3. The first-order valence-electron chi connectivity index (χ1n) is 11.8. The Labute approximate surface area is 199 Å². The van der Waals surface area contributed by atoms with Crippen molar-refractivity contribution in [1.82, 2.24) is 14.6 Å². The van der Waals surface area contributed by atoms with Crippen LogP contribution >= 0.6 is 0 Å². The third-order valence-electron chi connectivity index (χ3n) is 6.60. The number of aryl methyl sites for hydroxylation is 1. The van der Waals surface area contributed by atoms with E-state index in [9.17, 15) is 0 Å². The van der Waals surface area contributed by atoms with Crippen LogP contribution in [0.2, 0.25) is 0 Å². The van der Waals surface area contributed by atoms with Gasteiger partial charge in [0.1, 0.15) is 5.82 Å². The topological polar surface area (TPSA) is 36.7 Å². The molecule has 1 aliphatic heterocycles. The molecule has 6 rings (SSSR count). The Morgan fingerprint density at radius 2 is 1.21 bits per heavy atom. The van der Waals surface area contributed by atoms with E-state index in [-0.39, 0.29) is 0 Å². The molecule has 5 heteroatoms. The summed E-state index contributed by atoms with van der Waals surface area (Å²) in [4.78, 5) is 10.0. The van der Waals surface area contributed by atoms with Crippen LogP contribution in [0.5, 0.6) is 0 Å². The smallest absolute Gasteiger partial charge is 0.166 e. The van der Waals surface area contributed by atoms with Crippen LogP contribution in [0.25, 0.3) is 28.0 Å². The quantitative estimate of drug-likeness (QED) is 0.356. The zero-order chi connectivity index (χ0) is 22.9. The maximum atomic E-state index is 5.12. The molecule has 0 unspecified atom stereocenters. The maximum Gasteiger partial charge on any atom is 0.166 e. The fourth-order valence-electron chi connectivity index (χ4n) is 4.87. The monoisotopic (exact) mass is 445 g/mol. The van der Waals surface area contributed by atoms with Crippen molar-refractivity contribution in [3.8, 4) is 22.4 Å². The number of benzene rings is 3. The number of anilines is 2. The molecular weight excluding hydrogens is 418 g/mol. The molecule has 0 amide bonds. The highest BCUT2D eigenvalue weighted by molar-refractivity contribution is 5.83. The van der Waals surface area contributed by atoms with Crippen molar-refractivity contribution in [2.45, 2.75) is 6.92 Å². The van der Waals surface area contributed by atoms with E-state index in [1.165, 1.54) is 5.69 Å². The Morgan fingerprint density at radius 3 is 1.85 bits per heavy atom. The van der Waals surface area contributed by atoms with Gasteiger partial charge in [0.25, 0.3) is 0 Å². The zero-order valence-electron chi connectivity index (χ0n) is 19.3. The number of hydrogen-bond donors (Lipinski definition) is 0. The van der Waals surface area contributed by atoms with Crippen molar-refractivity contribution < 1.29 is 0 Å². The molecule has 1 aliphatic rings. The minimum atomic E-state index is 0.908. The highest BCUT2D eigenvalue weighted by atomic mass is 15.4. The van der Waals surface area contributed by atoms with Crippen LogP contribution in [0.3, 0.4) is 0 Å². The van der Waals surface area contributed by atoms with Gasteiger partial charge >= 0.3 is 0 Å². The Bertz CT molecular complexity index is 1400. The van der Waals surface area contributed by atoms with Gasteiger partial charge in [-0.05, 0) is 24.6 Å². The van der Waals surface area contributed by atoms with Crippen molar-refractivity contribution in [2.75, 3.05) is 36.0 Å². The molecule has 5 nitrogen and oxygen atoms in total. The first-order valence-corrected chi connectivity index (χ1v) is 11.8. The summed E-state index contributed by atoms with van der Waals surface area (Å²) < 4.78 is 2.04. The number of para-hydroxylation sites is 1. The van der Waals surface area contributed by atoms with E-state index in [4.69, 9.17) is 10.1 Å². The molecule has 0 N–H and O–H groups in total. The van der Waals surface area contributed by atoms with Crippen molar-refractivity contribution in [1.29, 1.82) is 0 Å². The van der Waals surface area contributed by atoms with E-state index < -0.39 is 0 Å². The van der Waals surface area contributed by atoms with E-state index in [2.05, 4.69) is 102 Å². The lowest BCUT2D eigenvalue weighted by Gasteiger charge is -2.37. The second kappa shape index (κ2) is 8.67. The van der Waals surface area contributed by atoms with Crippen LogP contribution in [0.4, 0.5) is 11.5 Å². The lowest BCUT2D eigenvalue weighted by molar-refractivity contribution is 0.638. The molecule has 3 aromatic carbocycles. The summed E-state index contributed by atoms with van der Waals surface area (Å²) >= 11 is 0. The van der Waals surface area contributed by atoms with Gasteiger partial charge < -0.3 is 9.80 Å². The van der Waals surface area contributed by atoms with Gasteiger partial charge in [0.15, 0.2) is 5.65 Å². The molecule has 2 aromatic heterocycles. The van der Waals surface area contributed by atoms with E-state index in [1.54, 1.807) is 0 Å². The van der Waals surface area contributed by atoms with E-state index in [0.717, 1.165) is 65.7 Å². The minimum absolute atomic E-state index is 0.908. The highest BCUT2D eigenvalue weighted by Crippen LogP contribution is 2.33. The predicted molar refractivity (Wildman–Crippen MR) is 139 cm³/mol. The van der Waals surface area contributed by atoms with E-state index >= 15 is 0 Å². The summed E-state index contributed by atoms with van der Waals surface area (Å²) in [6, 6.07) is 33.8. The molecule has 0 radical (unpaired) electrons. The van der Waals surface area contributed by atoms with Crippen LogP contribution in [-0.2, 0) is 0 Å². The van der Waals surface area contributed by atoms with Gasteiger partial charge in [0, 0.05) is 49.1 Å². The van der Waals surface area contributed by atoms with Gasteiger partial charge in [0.2, 0.25) is 0 Å². The summed E-state index contributed by atoms with van der Waals surface area (Å²) in [5.74, 6) is 1.10. The second-order valence-corrected chi connectivity index (χ2v) is 8.74. The van der Waals surface area contributed by atoms with Crippen LogP contribution in [0.15, 0.2) is 97.1 Å². The molecule has 0 saturated carbocycles. The first kappa shape index (κ1) is 20.5. The fourth-order valence-corrected chi connectivity index (χ4v) is 4.87. The van der Waals surface area contributed by atoms with Gasteiger partial charge in [-0.2, -0.15) is 9.61 Å². The minimum Gasteiger partial charge on any atom is -0.368 e. The summed E-state index contributed by atoms with van der Waals surface area (Å²) in [7, 11) is 0. The van der Waals surface area contributed by atoms with Gasteiger partial charge in [0.05, 0.1) is 11.4 Å². The van der Waals surface area contributed by atoms with Gasteiger partial charge in [-0.1, -0.05) is 78.9 Å². The molecule has 5 aromatic rings. The third-order valence-corrected chi connectivity index (χ3v) is 6.60. The van der Waals surface area contributed by atoms with E-state index in [1.807, 2.05) is 16.6 Å². The normalized spacial score (nSPS) is 14.0. The molecule has 0 bridgehead atoms. The molecule has 3 heterocycles. The number of fused-ring (bicyclic) bond motifs is 1. The fraction of sp³-hybridized carbons (Fsp3) is 0.172. The second-order valence-electron chi connectivity index (χ2n) is 8.74. The summed E-state index contributed by atoms with van der Waals surface area (Å²) in [5.41, 5.74) is 7.53. The SMILES string of the molecule is Cc1nn2c(N3CCN(c4ccccc4)CC3)cc(-c3ccccc3)nc2c1-c1ccccc1. The molecule has 1 fully saturated rings. The molecule has 0 atom stereocenters. The number of aromatic nitrogens is 3. The number of nitrogens with zero attached hydrogens (tertiary/aromatic N) is 5. The predicted octanol–water partition coefficient (Wildman–Crippen LogP) is 5.70. The van der Waals surface area contributed by atoms with E-state index in [0.29, 0.717) is 0 Å². The van der Waals surface area contributed by atoms with Crippen molar-refractivity contribution in [3.63, 3.8) is 0 Å². The van der Waals surface area contributed by atoms with Crippen molar-refractivity contribution in [2.24, 2.45) is 0 Å². The first-order chi connectivity index (χ1) is 16.8. The Balaban J connectivity index is 1.45. The molecule has 168 valence electrons. The summed E-state index contributed by atoms with van der Waals surface area (Å²) in [6.07, 6.45) is 0. The van der Waals surface area contributed by atoms with Crippen molar-refractivity contribution >= 4 is 17.2 Å². The molecule has 0 aliphatic carbocycles. The Morgan fingerprint density at radius 1 is 0.647 bits per heavy atom. The van der Waals surface area contributed by atoms with Crippen molar-refractivity contribution in [3.05, 3.63) is 103 Å². The Kier molecular flexibility index (Phi) is 5.22. The average Bonchev–Trinajstić information content (AvgIpc) is 3.25. The average molecular weight is 446 g/mol. The zero-order valence-corrected chi connectivity index (χ0v) is 19.3. The number of hydrogen-bond acceptors (Lipinski definition) is 4. The van der Waals surface area contributed by atoms with Crippen LogP contribution in [0, 0.1) is 6.92 Å². The Hall–Kier alpha value is -4.12. The summed E-state index contributed by atoms with van der Waals surface area (Å²) in [5, 5.41) is 4.98.